The SMILES string of the molecule is CNC(Cc1csc(C)n1)c1csc2ccccc12. The molecule has 2 heterocycles. The molecule has 1 N–H and O–H groups in total. The predicted octanol–water partition coefficient (Wildman–Crippen LogP) is 4.17. The molecule has 4 heteroatoms. The zero-order valence-electron chi connectivity index (χ0n) is 11.0. The highest BCUT2D eigenvalue weighted by Gasteiger charge is 2.15. The van der Waals surface area contributed by atoms with Gasteiger partial charge in [0, 0.05) is 22.5 Å². The first kappa shape index (κ1) is 12.8. The van der Waals surface area contributed by atoms with Crippen molar-refractivity contribution >= 4 is 32.8 Å². The van der Waals surface area contributed by atoms with Crippen molar-refractivity contribution in [1.29, 1.82) is 0 Å². The Kier molecular flexibility index (Phi) is 3.64. The molecule has 1 atom stereocenters. The van der Waals surface area contributed by atoms with Crippen LogP contribution in [0.15, 0.2) is 35.0 Å². The van der Waals surface area contributed by atoms with Crippen molar-refractivity contribution in [1.82, 2.24) is 10.3 Å². The summed E-state index contributed by atoms with van der Waals surface area (Å²) in [5.74, 6) is 0. The molecule has 0 saturated heterocycles. The molecule has 0 fully saturated rings. The number of thiophene rings is 1. The molecule has 0 radical (unpaired) electrons. The summed E-state index contributed by atoms with van der Waals surface area (Å²) in [6.07, 6.45) is 0.946. The molecule has 3 rings (SSSR count). The van der Waals surface area contributed by atoms with Gasteiger partial charge in [-0.25, -0.2) is 4.98 Å². The Bertz CT molecular complexity index is 684. The van der Waals surface area contributed by atoms with Crippen molar-refractivity contribution < 1.29 is 0 Å². The molecule has 2 aromatic heterocycles. The number of nitrogens with zero attached hydrogens (tertiary/aromatic N) is 1. The quantitative estimate of drug-likeness (QED) is 0.779. The molecule has 2 nitrogen and oxygen atoms in total. The summed E-state index contributed by atoms with van der Waals surface area (Å²) in [5.41, 5.74) is 2.56. The third kappa shape index (κ3) is 2.56. The van der Waals surface area contributed by atoms with E-state index < -0.39 is 0 Å². The van der Waals surface area contributed by atoms with Crippen LogP contribution < -0.4 is 5.32 Å². The van der Waals surface area contributed by atoms with Crippen molar-refractivity contribution in [3.63, 3.8) is 0 Å². The molecule has 0 spiro atoms. The molecular formula is C15H16N2S2. The zero-order chi connectivity index (χ0) is 13.2. The van der Waals surface area contributed by atoms with Crippen LogP contribution in [0.2, 0.25) is 0 Å². The van der Waals surface area contributed by atoms with Crippen molar-refractivity contribution in [2.45, 2.75) is 19.4 Å². The van der Waals surface area contributed by atoms with Gasteiger partial charge < -0.3 is 5.32 Å². The number of benzene rings is 1. The van der Waals surface area contributed by atoms with E-state index in [1.807, 2.05) is 18.4 Å². The third-order valence-corrected chi connectivity index (χ3v) is 5.12. The highest BCUT2D eigenvalue weighted by atomic mass is 32.1. The molecule has 0 aliphatic heterocycles. The van der Waals surface area contributed by atoms with E-state index >= 15 is 0 Å². The average Bonchev–Trinajstić information content (AvgIpc) is 3.02. The number of aryl methyl sites for hydroxylation is 1. The topological polar surface area (TPSA) is 24.9 Å². The number of aromatic nitrogens is 1. The van der Waals surface area contributed by atoms with E-state index in [1.54, 1.807) is 11.3 Å². The highest BCUT2D eigenvalue weighted by molar-refractivity contribution is 7.17. The van der Waals surface area contributed by atoms with Crippen molar-refractivity contribution in [3.05, 3.63) is 51.3 Å². The standard InChI is InChI=1S/C15H16N2S2/c1-10-17-11(8-18-10)7-14(16-2)13-9-19-15-6-4-3-5-12(13)15/h3-6,8-9,14,16H,7H2,1-2H3. The van der Waals surface area contributed by atoms with E-state index in [4.69, 9.17) is 0 Å². The first-order valence-corrected chi connectivity index (χ1v) is 8.08. The molecule has 1 unspecified atom stereocenters. The second-order valence-corrected chi connectivity index (χ2v) is 6.56. The average molecular weight is 288 g/mol. The maximum Gasteiger partial charge on any atom is 0.0897 e. The molecule has 1 aromatic carbocycles. The largest absolute Gasteiger partial charge is 0.313 e. The van der Waals surface area contributed by atoms with Crippen LogP contribution in [0.25, 0.3) is 10.1 Å². The maximum absolute atomic E-state index is 4.57. The lowest BCUT2D eigenvalue weighted by molar-refractivity contribution is 0.591. The smallest absolute Gasteiger partial charge is 0.0897 e. The van der Waals surface area contributed by atoms with Gasteiger partial charge in [0.2, 0.25) is 0 Å². The van der Waals surface area contributed by atoms with Crippen LogP contribution in [0.1, 0.15) is 22.3 Å². The minimum absolute atomic E-state index is 0.331. The molecule has 0 amide bonds. The number of thiazole rings is 1. The van der Waals surface area contributed by atoms with Crippen molar-refractivity contribution in [2.75, 3.05) is 7.05 Å². The monoisotopic (exact) mass is 288 g/mol. The maximum atomic E-state index is 4.57. The minimum Gasteiger partial charge on any atom is -0.313 e. The van der Waals surface area contributed by atoms with E-state index in [0.717, 1.165) is 11.4 Å². The van der Waals surface area contributed by atoms with Gasteiger partial charge in [-0.2, -0.15) is 0 Å². The van der Waals surface area contributed by atoms with Crippen molar-refractivity contribution in [3.8, 4) is 0 Å². The minimum atomic E-state index is 0.331. The summed E-state index contributed by atoms with van der Waals surface area (Å²) >= 11 is 3.54. The number of likely N-dealkylation sites (N-methyl/N-ethyl adjacent to an activating group) is 1. The van der Waals surface area contributed by atoms with Crippen LogP contribution in [-0.2, 0) is 6.42 Å². The van der Waals surface area contributed by atoms with Crippen LogP contribution in [0.3, 0.4) is 0 Å². The Morgan fingerprint density at radius 1 is 1.21 bits per heavy atom. The summed E-state index contributed by atoms with van der Waals surface area (Å²) in [5, 5.41) is 10.4. The normalized spacial score (nSPS) is 12.9. The molecule has 0 bridgehead atoms. The van der Waals surface area contributed by atoms with Crippen LogP contribution in [0.4, 0.5) is 0 Å². The lowest BCUT2D eigenvalue weighted by atomic mass is 10.0. The van der Waals surface area contributed by atoms with Gasteiger partial charge in [-0.1, -0.05) is 18.2 Å². The first-order chi connectivity index (χ1) is 9.28. The van der Waals surface area contributed by atoms with Gasteiger partial charge in [0.05, 0.1) is 10.7 Å². The summed E-state index contributed by atoms with van der Waals surface area (Å²) in [6, 6.07) is 8.93. The second-order valence-electron chi connectivity index (χ2n) is 4.59. The number of hydrogen-bond acceptors (Lipinski definition) is 4. The fraction of sp³-hybridized carbons (Fsp3) is 0.267. The van der Waals surface area contributed by atoms with Crippen LogP contribution >= 0.6 is 22.7 Å². The fourth-order valence-corrected chi connectivity index (χ4v) is 3.99. The Labute approximate surface area is 121 Å². The van der Waals surface area contributed by atoms with E-state index in [0.29, 0.717) is 6.04 Å². The van der Waals surface area contributed by atoms with Gasteiger partial charge in [0.1, 0.15) is 0 Å². The summed E-state index contributed by atoms with van der Waals surface area (Å²) in [6.45, 7) is 2.06. The lowest BCUT2D eigenvalue weighted by Crippen LogP contribution is -2.18. The van der Waals surface area contributed by atoms with E-state index in [-0.39, 0.29) is 0 Å². The molecule has 0 saturated carbocycles. The van der Waals surface area contributed by atoms with Gasteiger partial charge in [0.25, 0.3) is 0 Å². The molecule has 19 heavy (non-hydrogen) atoms. The summed E-state index contributed by atoms with van der Waals surface area (Å²) in [7, 11) is 2.02. The Morgan fingerprint density at radius 2 is 2.05 bits per heavy atom. The van der Waals surface area contributed by atoms with E-state index in [9.17, 15) is 0 Å². The molecular weight excluding hydrogens is 272 g/mol. The Morgan fingerprint density at radius 3 is 2.79 bits per heavy atom. The molecule has 0 aliphatic rings. The van der Waals surface area contributed by atoms with Gasteiger partial charge in [-0.3, -0.25) is 0 Å². The molecule has 0 aliphatic carbocycles. The number of hydrogen-bond donors (Lipinski definition) is 1. The Balaban J connectivity index is 1.93. The number of nitrogens with one attached hydrogen (secondary N) is 1. The fourth-order valence-electron chi connectivity index (χ4n) is 2.35. The first-order valence-electron chi connectivity index (χ1n) is 6.32. The van der Waals surface area contributed by atoms with Gasteiger partial charge >= 0.3 is 0 Å². The van der Waals surface area contributed by atoms with Crippen molar-refractivity contribution in [2.24, 2.45) is 0 Å². The van der Waals surface area contributed by atoms with Gasteiger partial charge in [-0.15, -0.1) is 22.7 Å². The molecule has 3 aromatic rings. The summed E-state index contributed by atoms with van der Waals surface area (Å²) in [4.78, 5) is 4.57. The number of fused-ring (bicyclic) bond motifs is 1. The molecule has 98 valence electrons. The van der Waals surface area contributed by atoms with Gasteiger partial charge in [-0.05, 0) is 36.4 Å². The summed E-state index contributed by atoms with van der Waals surface area (Å²) < 4.78 is 1.35. The lowest BCUT2D eigenvalue weighted by Gasteiger charge is -2.14. The second kappa shape index (κ2) is 5.41. The number of rotatable bonds is 4. The predicted molar refractivity (Wildman–Crippen MR) is 84.2 cm³/mol. The van der Waals surface area contributed by atoms with E-state index in [2.05, 4.69) is 52.3 Å². The highest BCUT2D eigenvalue weighted by Crippen LogP contribution is 2.31. The van der Waals surface area contributed by atoms with Crippen LogP contribution in [0.5, 0.6) is 0 Å². The van der Waals surface area contributed by atoms with Gasteiger partial charge in [0.15, 0.2) is 0 Å². The van der Waals surface area contributed by atoms with Crippen LogP contribution in [0, 0.1) is 6.92 Å². The third-order valence-electron chi connectivity index (χ3n) is 3.31. The van der Waals surface area contributed by atoms with Crippen LogP contribution in [-0.4, -0.2) is 12.0 Å². The van der Waals surface area contributed by atoms with E-state index in [1.165, 1.54) is 21.3 Å². The zero-order valence-corrected chi connectivity index (χ0v) is 12.6. The Hall–Kier alpha value is -1.23.